The molecule has 0 fully saturated rings. The van der Waals surface area contributed by atoms with Gasteiger partial charge in [0.25, 0.3) is 0 Å². The third-order valence-corrected chi connectivity index (χ3v) is 2.50. The average molecular weight is 247 g/mol. The van der Waals surface area contributed by atoms with Crippen LogP contribution in [0.25, 0.3) is 0 Å². The number of rotatable bonds is 2. The Bertz CT molecular complexity index is 299. The van der Waals surface area contributed by atoms with Gasteiger partial charge in [0.15, 0.2) is 0 Å². The van der Waals surface area contributed by atoms with Crippen molar-refractivity contribution in [2.45, 2.75) is 6.04 Å². The summed E-state index contributed by atoms with van der Waals surface area (Å²) in [7, 11) is 0. The Morgan fingerprint density at radius 1 is 1.58 bits per heavy atom. The summed E-state index contributed by atoms with van der Waals surface area (Å²) in [6, 6.07) is 5.38. The summed E-state index contributed by atoms with van der Waals surface area (Å²) < 4.78 is 0.919. The Labute approximate surface area is 85.3 Å². The third-order valence-electron chi connectivity index (χ3n) is 1.58. The van der Waals surface area contributed by atoms with Crippen molar-refractivity contribution in [2.24, 2.45) is 5.73 Å². The van der Waals surface area contributed by atoms with Crippen LogP contribution in [0.4, 0.5) is 0 Å². The van der Waals surface area contributed by atoms with Crippen LogP contribution in [0.2, 0.25) is 5.02 Å². The van der Waals surface area contributed by atoms with Crippen molar-refractivity contribution >= 4 is 27.5 Å². The second-order valence-corrected chi connectivity index (χ2v) is 3.72. The fourth-order valence-corrected chi connectivity index (χ4v) is 1.85. The molecule has 1 atom stereocenters. The molecule has 1 rings (SSSR count). The van der Waals surface area contributed by atoms with Gasteiger partial charge in [-0.3, -0.25) is 0 Å². The molecule has 0 saturated heterocycles. The molecule has 0 aliphatic rings. The first-order valence-electron chi connectivity index (χ1n) is 3.48. The molecule has 0 amide bonds. The van der Waals surface area contributed by atoms with E-state index in [1.807, 2.05) is 18.2 Å². The van der Waals surface area contributed by atoms with Gasteiger partial charge in [-0.2, -0.15) is 0 Å². The van der Waals surface area contributed by atoms with Gasteiger partial charge in [0.1, 0.15) is 0 Å². The highest BCUT2D eigenvalue weighted by Gasteiger charge is 2.05. The van der Waals surface area contributed by atoms with E-state index in [4.69, 9.17) is 17.3 Å². The molecular formula is C9H9BrClN. The molecule has 0 aromatic heterocycles. The third kappa shape index (κ3) is 2.09. The summed E-state index contributed by atoms with van der Waals surface area (Å²) in [5.41, 5.74) is 6.75. The molecule has 0 bridgehead atoms. The van der Waals surface area contributed by atoms with Gasteiger partial charge in [-0.15, -0.1) is 6.58 Å². The zero-order chi connectivity index (χ0) is 9.14. The zero-order valence-electron chi connectivity index (χ0n) is 6.43. The molecule has 1 aromatic carbocycles. The molecule has 0 aliphatic heterocycles. The Kier molecular flexibility index (Phi) is 3.32. The van der Waals surface area contributed by atoms with Crippen LogP contribution in [0.3, 0.4) is 0 Å². The highest BCUT2D eigenvalue weighted by atomic mass is 79.9. The lowest BCUT2D eigenvalue weighted by atomic mass is 10.1. The first kappa shape index (κ1) is 9.78. The summed E-state index contributed by atoms with van der Waals surface area (Å²) in [6.07, 6.45) is 1.69. The van der Waals surface area contributed by atoms with Crippen LogP contribution < -0.4 is 5.73 Å². The minimum Gasteiger partial charge on any atom is -0.321 e. The second-order valence-electron chi connectivity index (χ2n) is 2.43. The summed E-state index contributed by atoms with van der Waals surface area (Å²) in [4.78, 5) is 0. The van der Waals surface area contributed by atoms with Gasteiger partial charge in [-0.25, -0.2) is 0 Å². The van der Waals surface area contributed by atoms with Crippen LogP contribution >= 0.6 is 27.5 Å². The number of nitrogens with two attached hydrogens (primary N) is 1. The summed E-state index contributed by atoms with van der Waals surface area (Å²) in [6.45, 7) is 3.62. The highest BCUT2D eigenvalue weighted by Crippen LogP contribution is 2.25. The highest BCUT2D eigenvalue weighted by molar-refractivity contribution is 9.10. The first-order valence-corrected chi connectivity index (χ1v) is 4.65. The summed E-state index contributed by atoms with van der Waals surface area (Å²) >= 11 is 9.14. The predicted octanol–water partition coefficient (Wildman–Crippen LogP) is 3.29. The molecule has 0 heterocycles. The van der Waals surface area contributed by atoms with Gasteiger partial charge in [-0.05, 0) is 17.7 Å². The molecule has 2 N–H and O–H groups in total. The zero-order valence-corrected chi connectivity index (χ0v) is 8.77. The van der Waals surface area contributed by atoms with Crippen LogP contribution in [0, 0.1) is 0 Å². The molecule has 0 saturated carbocycles. The SMILES string of the molecule is C=C[C@H](N)c1ccc(Cl)cc1Br. The average Bonchev–Trinajstić information content (AvgIpc) is 2.03. The molecular weight excluding hydrogens is 237 g/mol. The maximum Gasteiger partial charge on any atom is 0.0489 e. The van der Waals surface area contributed by atoms with Crippen LogP contribution in [-0.4, -0.2) is 0 Å². The molecule has 0 aliphatic carbocycles. The van der Waals surface area contributed by atoms with Crippen molar-refractivity contribution in [1.82, 2.24) is 0 Å². The normalized spacial score (nSPS) is 12.6. The quantitative estimate of drug-likeness (QED) is 0.796. The predicted molar refractivity (Wildman–Crippen MR) is 56.3 cm³/mol. The monoisotopic (exact) mass is 245 g/mol. The lowest BCUT2D eigenvalue weighted by Gasteiger charge is -2.08. The van der Waals surface area contributed by atoms with Gasteiger partial charge >= 0.3 is 0 Å². The summed E-state index contributed by atoms with van der Waals surface area (Å²) in [5.74, 6) is 0. The molecule has 1 aromatic rings. The van der Waals surface area contributed by atoms with Crippen molar-refractivity contribution in [1.29, 1.82) is 0 Å². The minimum atomic E-state index is -0.142. The fraction of sp³-hybridized carbons (Fsp3) is 0.111. The van der Waals surface area contributed by atoms with E-state index >= 15 is 0 Å². The van der Waals surface area contributed by atoms with Crippen molar-refractivity contribution in [3.05, 3.63) is 45.9 Å². The number of halogens is 2. The van der Waals surface area contributed by atoms with Crippen molar-refractivity contribution in [2.75, 3.05) is 0 Å². The fourth-order valence-electron chi connectivity index (χ4n) is 0.899. The van der Waals surface area contributed by atoms with E-state index in [9.17, 15) is 0 Å². The van der Waals surface area contributed by atoms with E-state index in [2.05, 4.69) is 22.5 Å². The lowest BCUT2D eigenvalue weighted by molar-refractivity contribution is 0.908. The molecule has 0 radical (unpaired) electrons. The van der Waals surface area contributed by atoms with Gasteiger partial charge < -0.3 is 5.73 Å². The summed E-state index contributed by atoms with van der Waals surface area (Å²) in [5, 5.41) is 0.696. The maximum atomic E-state index is 5.77. The molecule has 1 nitrogen and oxygen atoms in total. The maximum absolute atomic E-state index is 5.77. The van der Waals surface area contributed by atoms with Gasteiger partial charge in [0.05, 0.1) is 0 Å². The topological polar surface area (TPSA) is 26.0 Å². The smallest absolute Gasteiger partial charge is 0.0489 e. The largest absolute Gasteiger partial charge is 0.321 e. The van der Waals surface area contributed by atoms with Gasteiger partial charge in [0.2, 0.25) is 0 Å². The Morgan fingerprint density at radius 3 is 2.75 bits per heavy atom. The van der Waals surface area contributed by atoms with Crippen LogP contribution in [0.5, 0.6) is 0 Å². The Hall–Kier alpha value is -0.310. The van der Waals surface area contributed by atoms with E-state index in [-0.39, 0.29) is 6.04 Å². The van der Waals surface area contributed by atoms with Crippen LogP contribution in [0.15, 0.2) is 35.3 Å². The van der Waals surface area contributed by atoms with Gasteiger partial charge in [-0.1, -0.05) is 39.7 Å². The van der Waals surface area contributed by atoms with Crippen LogP contribution in [-0.2, 0) is 0 Å². The molecule has 0 unspecified atom stereocenters. The van der Waals surface area contributed by atoms with Gasteiger partial charge in [0, 0.05) is 15.5 Å². The van der Waals surface area contributed by atoms with Crippen molar-refractivity contribution in [3.8, 4) is 0 Å². The molecule has 12 heavy (non-hydrogen) atoms. The first-order chi connectivity index (χ1) is 5.65. The lowest BCUT2D eigenvalue weighted by Crippen LogP contribution is -2.06. The van der Waals surface area contributed by atoms with E-state index in [0.29, 0.717) is 5.02 Å². The number of benzene rings is 1. The van der Waals surface area contributed by atoms with Crippen LogP contribution in [0.1, 0.15) is 11.6 Å². The Morgan fingerprint density at radius 2 is 2.25 bits per heavy atom. The van der Waals surface area contributed by atoms with Crippen molar-refractivity contribution < 1.29 is 0 Å². The standard InChI is InChI=1S/C9H9BrClN/c1-2-9(12)7-4-3-6(11)5-8(7)10/h2-5,9H,1,12H2/t9-/m0/s1. The van der Waals surface area contributed by atoms with Crippen molar-refractivity contribution in [3.63, 3.8) is 0 Å². The Balaban J connectivity index is 3.09. The molecule has 0 spiro atoms. The minimum absolute atomic E-state index is 0.142. The van der Waals surface area contributed by atoms with E-state index in [1.54, 1.807) is 6.08 Å². The van der Waals surface area contributed by atoms with E-state index in [1.165, 1.54) is 0 Å². The van der Waals surface area contributed by atoms with E-state index in [0.717, 1.165) is 10.0 Å². The number of hydrogen-bond donors (Lipinski definition) is 1. The number of hydrogen-bond acceptors (Lipinski definition) is 1. The van der Waals surface area contributed by atoms with E-state index < -0.39 is 0 Å². The molecule has 64 valence electrons. The molecule has 3 heteroatoms. The second kappa shape index (κ2) is 4.08.